The van der Waals surface area contributed by atoms with Crippen LogP contribution in [0.25, 0.3) is 10.3 Å². The summed E-state index contributed by atoms with van der Waals surface area (Å²) >= 11 is 1.58. The normalized spacial score (nSPS) is 9.33. The molecule has 40 valence electrons. The first-order valence-corrected chi connectivity index (χ1v) is 3.11. The Morgan fingerprint density at radius 1 is 1.56 bits per heavy atom. The van der Waals surface area contributed by atoms with Gasteiger partial charge < -0.3 is 4.42 Å². The van der Waals surface area contributed by atoms with E-state index in [2.05, 4.69) is 5.38 Å². The third-order valence-electron chi connectivity index (χ3n) is 1.02. The monoisotopic (exact) mass is 130 g/mol. The summed E-state index contributed by atoms with van der Waals surface area (Å²) in [5.41, 5.74) is 0.940. The number of fused-ring (bicyclic) bond motifs is 1. The fraction of sp³-hybridized carbons (Fsp3) is 0. The molecule has 0 saturated carbocycles. The van der Waals surface area contributed by atoms with E-state index in [-0.39, 0.29) is 18.9 Å². The van der Waals surface area contributed by atoms with E-state index < -0.39 is 0 Å². The molecule has 0 N–H and O–H groups in total. The van der Waals surface area contributed by atoms with E-state index in [1.54, 1.807) is 17.6 Å². The minimum atomic E-state index is 0. The summed E-state index contributed by atoms with van der Waals surface area (Å²) in [5, 5.41) is 2.97. The molecule has 0 bridgehead atoms. The van der Waals surface area contributed by atoms with E-state index in [1.165, 1.54) is 4.70 Å². The van der Waals surface area contributed by atoms with Crippen LogP contribution in [0.5, 0.6) is 0 Å². The Labute approximate surface area is 68.8 Å². The summed E-state index contributed by atoms with van der Waals surface area (Å²) in [6.07, 6.45) is 1.69. The number of thiophene rings is 1. The molecule has 0 aliphatic rings. The van der Waals surface area contributed by atoms with Gasteiger partial charge in [-0.05, 0) is 5.58 Å². The van der Waals surface area contributed by atoms with Crippen LogP contribution in [0.2, 0.25) is 0 Å². The topological polar surface area (TPSA) is 13.1 Å². The average Bonchev–Trinajstić information content (AvgIpc) is 2.15. The summed E-state index contributed by atoms with van der Waals surface area (Å²) in [4.78, 5) is 0. The number of hydrogen-bond donors (Lipinski definition) is 0. The van der Waals surface area contributed by atoms with E-state index in [0.717, 1.165) is 5.58 Å². The maximum atomic E-state index is 5.04. The van der Waals surface area contributed by atoms with Crippen LogP contribution in [0.3, 0.4) is 0 Å². The van der Waals surface area contributed by atoms with Gasteiger partial charge in [0.1, 0.15) is 0 Å². The van der Waals surface area contributed by atoms with Crippen molar-refractivity contribution in [3.8, 4) is 0 Å². The molecule has 0 aliphatic heterocycles. The molecule has 0 atom stereocenters. The van der Waals surface area contributed by atoms with E-state index >= 15 is 0 Å². The zero-order valence-electron chi connectivity index (χ0n) is 5.05. The van der Waals surface area contributed by atoms with Crippen molar-refractivity contribution in [2.24, 2.45) is 0 Å². The summed E-state index contributed by atoms with van der Waals surface area (Å²) in [7, 11) is 0. The standard InChI is InChI=1S/C6H3OS.Li/c1-3-7-5-2-4-8-6(1)5;/h1-3H;/q-1;+1. The minimum Gasteiger partial charge on any atom is -0.534 e. The number of rotatable bonds is 0. The molecule has 0 saturated heterocycles. The molecule has 2 aromatic rings. The minimum absolute atomic E-state index is 0. The fourth-order valence-electron chi connectivity index (χ4n) is 0.645. The first kappa shape index (κ1) is 6.95. The van der Waals surface area contributed by atoms with Gasteiger partial charge in [0.05, 0.1) is 6.26 Å². The van der Waals surface area contributed by atoms with Gasteiger partial charge >= 0.3 is 18.9 Å². The van der Waals surface area contributed by atoms with Gasteiger partial charge in [0, 0.05) is 0 Å². The molecule has 2 rings (SSSR count). The number of hydrogen-bond acceptors (Lipinski definition) is 2. The zero-order chi connectivity index (χ0) is 5.40. The van der Waals surface area contributed by atoms with Crippen molar-refractivity contribution in [3.63, 3.8) is 0 Å². The Bertz CT molecular complexity index is 234. The summed E-state index contributed by atoms with van der Waals surface area (Å²) < 4.78 is 6.21. The van der Waals surface area contributed by atoms with Crippen LogP contribution in [-0.2, 0) is 0 Å². The van der Waals surface area contributed by atoms with Crippen molar-refractivity contribution in [1.82, 2.24) is 0 Å². The van der Waals surface area contributed by atoms with Gasteiger partial charge in [-0.3, -0.25) is 11.3 Å². The molecule has 1 nitrogen and oxygen atoms in total. The van der Waals surface area contributed by atoms with Crippen LogP contribution < -0.4 is 18.9 Å². The third kappa shape index (κ3) is 1.06. The van der Waals surface area contributed by atoms with Gasteiger partial charge in [0.25, 0.3) is 0 Å². The molecule has 0 aromatic carbocycles. The van der Waals surface area contributed by atoms with Crippen molar-refractivity contribution in [3.05, 3.63) is 23.8 Å². The van der Waals surface area contributed by atoms with Crippen molar-refractivity contribution >= 4 is 21.6 Å². The molecular weight excluding hydrogens is 127 g/mol. The van der Waals surface area contributed by atoms with Gasteiger partial charge in [-0.2, -0.15) is 0 Å². The molecule has 0 amide bonds. The van der Waals surface area contributed by atoms with Gasteiger partial charge in [0.15, 0.2) is 0 Å². The van der Waals surface area contributed by atoms with Crippen molar-refractivity contribution in [1.29, 1.82) is 0 Å². The molecule has 0 radical (unpaired) electrons. The van der Waals surface area contributed by atoms with Crippen LogP contribution in [0.15, 0.2) is 22.8 Å². The van der Waals surface area contributed by atoms with Crippen LogP contribution in [0, 0.1) is 5.38 Å². The maximum Gasteiger partial charge on any atom is 1.00 e. The van der Waals surface area contributed by atoms with Crippen LogP contribution in [-0.4, -0.2) is 0 Å². The van der Waals surface area contributed by atoms with Crippen molar-refractivity contribution < 1.29 is 23.3 Å². The molecule has 0 aliphatic carbocycles. The number of furan rings is 1. The smallest absolute Gasteiger partial charge is 0.534 e. The molecule has 9 heavy (non-hydrogen) atoms. The predicted octanol–water partition coefficient (Wildman–Crippen LogP) is -0.702. The van der Waals surface area contributed by atoms with E-state index in [4.69, 9.17) is 4.42 Å². The second-order valence-corrected chi connectivity index (χ2v) is 2.39. The fourth-order valence-corrected chi connectivity index (χ4v) is 1.27. The molecule has 2 aromatic heterocycles. The zero-order valence-corrected chi connectivity index (χ0v) is 5.87. The molecule has 2 heterocycles. The SMILES string of the molecule is [Li+].[c-]1cc2occc2s1. The van der Waals surface area contributed by atoms with Gasteiger partial charge in [-0.25, -0.2) is 0 Å². The van der Waals surface area contributed by atoms with E-state index in [9.17, 15) is 0 Å². The van der Waals surface area contributed by atoms with E-state index in [0.29, 0.717) is 0 Å². The van der Waals surface area contributed by atoms with Crippen LogP contribution >= 0.6 is 11.3 Å². The average molecular weight is 130 g/mol. The maximum absolute atomic E-state index is 5.04. The Hall–Kier alpha value is -0.163. The van der Waals surface area contributed by atoms with Crippen molar-refractivity contribution in [2.45, 2.75) is 0 Å². The first-order valence-electron chi connectivity index (χ1n) is 2.30. The summed E-state index contributed by atoms with van der Waals surface area (Å²) in [6, 6.07) is 3.79. The third-order valence-corrected chi connectivity index (χ3v) is 1.81. The first-order chi connectivity index (χ1) is 3.97. The molecule has 3 heteroatoms. The second kappa shape index (κ2) is 2.61. The van der Waals surface area contributed by atoms with Crippen LogP contribution in [0.1, 0.15) is 0 Å². The van der Waals surface area contributed by atoms with Gasteiger partial charge in [-0.1, -0.05) is 10.8 Å². The Kier molecular flexibility index (Phi) is 2.02. The largest absolute Gasteiger partial charge is 1.00 e. The molecule has 0 spiro atoms. The van der Waals surface area contributed by atoms with Gasteiger partial charge in [0.2, 0.25) is 0 Å². The second-order valence-electron chi connectivity index (χ2n) is 1.51. The Morgan fingerprint density at radius 2 is 2.44 bits per heavy atom. The Balaban J connectivity index is 0.000000405. The summed E-state index contributed by atoms with van der Waals surface area (Å²) in [5.74, 6) is 0. The molecule has 0 unspecified atom stereocenters. The Morgan fingerprint density at radius 3 is 3.22 bits per heavy atom. The van der Waals surface area contributed by atoms with Crippen LogP contribution in [0.4, 0.5) is 0 Å². The molecular formula is C6H3LiOS. The van der Waals surface area contributed by atoms with E-state index in [1.807, 2.05) is 12.1 Å². The van der Waals surface area contributed by atoms with Crippen molar-refractivity contribution in [2.75, 3.05) is 0 Å². The predicted molar refractivity (Wildman–Crippen MR) is 32.9 cm³/mol. The quantitative estimate of drug-likeness (QED) is 0.339. The van der Waals surface area contributed by atoms with Gasteiger partial charge in [-0.15, -0.1) is 11.4 Å². The molecule has 0 fully saturated rings. The summed E-state index contributed by atoms with van der Waals surface area (Å²) in [6.45, 7) is 0.